The van der Waals surface area contributed by atoms with Crippen LogP contribution in [0.4, 0.5) is 13.2 Å². The zero-order valence-corrected chi connectivity index (χ0v) is 18.5. The van der Waals surface area contributed by atoms with Crippen molar-refractivity contribution >= 4 is 16.2 Å². The van der Waals surface area contributed by atoms with Gasteiger partial charge in [-0.1, -0.05) is 0 Å². The van der Waals surface area contributed by atoms with E-state index in [1.165, 1.54) is 36.5 Å². The lowest BCUT2D eigenvalue weighted by Gasteiger charge is -2.46. The van der Waals surface area contributed by atoms with E-state index in [0.29, 0.717) is 19.1 Å². The van der Waals surface area contributed by atoms with Gasteiger partial charge in [-0.2, -0.15) is 30.2 Å². The molecule has 3 fully saturated rings. The number of piperidine rings is 1. The van der Waals surface area contributed by atoms with Crippen molar-refractivity contribution in [3.63, 3.8) is 0 Å². The summed E-state index contributed by atoms with van der Waals surface area (Å²) < 4.78 is 64.8. The van der Waals surface area contributed by atoms with Gasteiger partial charge in [-0.15, -0.1) is 0 Å². The van der Waals surface area contributed by atoms with E-state index in [2.05, 4.69) is 4.90 Å². The average Bonchev–Trinajstić information content (AvgIpc) is 3.42. The molecule has 1 unspecified atom stereocenters. The quantitative estimate of drug-likeness (QED) is 0.651. The van der Waals surface area contributed by atoms with Gasteiger partial charge >= 0.3 is 12.1 Å². The van der Waals surface area contributed by atoms with E-state index in [1.807, 2.05) is 0 Å². The highest BCUT2D eigenvalue weighted by Crippen LogP contribution is 2.45. The van der Waals surface area contributed by atoms with E-state index >= 15 is 0 Å². The van der Waals surface area contributed by atoms with Crippen LogP contribution in [0.15, 0.2) is 0 Å². The summed E-state index contributed by atoms with van der Waals surface area (Å²) in [7, 11) is 1.74. The van der Waals surface area contributed by atoms with E-state index < -0.39 is 22.4 Å². The number of likely N-dealkylation sites (tertiary alicyclic amines) is 1. The summed E-state index contributed by atoms with van der Waals surface area (Å²) in [6, 6.07) is 0.512. The molecule has 2 saturated heterocycles. The Labute approximate surface area is 176 Å². The third kappa shape index (κ3) is 6.06. The van der Waals surface area contributed by atoms with Crippen LogP contribution in [-0.2, 0) is 19.7 Å². The first kappa shape index (κ1) is 25.3. The van der Waals surface area contributed by atoms with Crippen LogP contribution in [0.3, 0.4) is 0 Å². The predicted octanol–water partition coefficient (Wildman–Crippen LogP) is 1.78. The zero-order chi connectivity index (χ0) is 22.7. The third-order valence-corrected chi connectivity index (χ3v) is 8.13. The fourth-order valence-electron chi connectivity index (χ4n) is 4.31. The maximum atomic E-state index is 12.3. The highest BCUT2D eigenvalue weighted by molar-refractivity contribution is 7.86. The molecule has 1 saturated carbocycles. The third-order valence-electron chi connectivity index (χ3n) is 6.19. The zero-order valence-electron chi connectivity index (χ0n) is 17.7. The minimum atomic E-state index is -5.08. The molecule has 8 nitrogen and oxygen atoms in total. The van der Waals surface area contributed by atoms with Crippen LogP contribution in [0, 0.1) is 5.92 Å². The summed E-state index contributed by atoms with van der Waals surface area (Å²) in [5, 5.41) is 7.12. The largest absolute Gasteiger partial charge is 0.490 e. The van der Waals surface area contributed by atoms with Gasteiger partial charge in [-0.05, 0) is 44.4 Å². The fraction of sp³-hybridized carbons (Fsp3) is 0.944. The number of carboxylic acids is 1. The molecular formula is C18H32F3N3O5S. The van der Waals surface area contributed by atoms with Crippen LogP contribution in [0.1, 0.15) is 38.5 Å². The van der Waals surface area contributed by atoms with Crippen LogP contribution < -0.4 is 0 Å². The van der Waals surface area contributed by atoms with E-state index in [0.717, 1.165) is 25.4 Å². The molecule has 1 atom stereocenters. The Morgan fingerprint density at radius 3 is 2.10 bits per heavy atom. The Morgan fingerprint density at radius 1 is 1.17 bits per heavy atom. The summed E-state index contributed by atoms with van der Waals surface area (Å²) in [5.41, 5.74) is 0.199. The van der Waals surface area contributed by atoms with Crippen LogP contribution >= 0.6 is 0 Å². The van der Waals surface area contributed by atoms with Crippen molar-refractivity contribution < 1.29 is 36.2 Å². The predicted molar refractivity (Wildman–Crippen MR) is 104 cm³/mol. The normalized spacial score (nSPS) is 25.4. The lowest BCUT2D eigenvalue weighted by Crippen LogP contribution is -2.57. The summed E-state index contributed by atoms with van der Waals surface area (Å²) in [6.07, 6.45) is 1.89. The molecule has 2 heterocycles. The topological polar surface area (TPSA) is 90.4 Å². The molecule has 1 N–H and O–H groups in total. The van der Waals surface area contributed by atoms with Gasteiger partial charge < -0.3 is 9.84 Å². The van der Waals surface area contributed by atoms with E-state index in [-0.39, 0.29) is 5.54 Å². The Morgan fingerprint density at radius 2 is 1.70 bits per heavy atom. The van der Waals surface area contributed by atoms with Crippen molar-refractivity contribution in [2.45, 2.75) is 56.3 Å². The number of ether oxygens (including phenoxy) is 1. The standard InChI is InChI=1S/C16H31N3O3S.C2HF3O2/c1-17(2)23(20,21)18-10-8-16(9-11-18)7-6-15(13-22-3)19(16)12-14-4-5-14;3-2(4,5)1(6)7/h14-15H,4-13H2,1-3H3;(H,6,7). The molecule has 2 aliphatic heterocycles. The minimum Gasteiger partial charge on any atom is -0.475 e. The molecule has 0 amide bonds. The van der Waals surface area contributed by atoms with Gasteiger partial charge in [0, 0.05) is 52.4 Å². The summed E-state index contributed by atoms with van der Waals surface area (Å²) in [4.78, 5) is 11.6. The van der Waals surface area contributed by atoms with E-state index in [1.54, 1.807) is 25.5 Å². The summed E-state index contributed by atoms with van der Waals surface area (Å²) in [5.74, 6) is -1.90. The first-order valence-electron chi connectivity index (χ1n) is 10.1. The number of nitrogens with zero attached hydrogens (tertiary/aromatic N) is 3. The van der Waals surface area contributed by atoms with Gasteiger partial charge in [0.25, 0.3) is 10.2 Å². The van der Waals surface area contributed by atoms with Gasteiger partial charge in [-0.3, -0.25) is 4.90 Å². The molecule has 0 bridgehead atoms. The SMILES string of the molecule is COCC1CCC2(CCN(S(=O)(=O)N(C)C)CC2)N1CC1CC1.O=C(O)C(F)(F)F. The van der Waals surface area contributed by atoms with Crippen molar-refractivity contribution in [2.75, 3.05) is 47.4 Å². The second-order valence-corrected chi connectivity index (χ2v) is 10.6. The average molecular weight is 460 g/mol. The molecule has 0 radical (unpaired) electrons. The number of alkyl halides is 3. The molecule has 0 aromatic carbocycles. The lowest BCUT2D eigenvalue weighted by molar-refractivity contribution is -0.192. The van der Waals surface area contributed by atoms with Crippen LogP contribution in [-0.4, -0.2) is 98.2 Å². The van der Waals surface area contributed by atoms with Crippen molar-refractivity contribution in [1.29, 1.82) is 0 Å². The first-order chi connectivity index (χ1) is 13.8. The molecular weight excluding hydrogens is 427 g/mol. The van der Waals surface area contributed by atoms with Gasteiger partial charge in [0.1, 0.15) is 0 Å². The summed E-state index contributed by atoms with van der Waals surface area (Å²) >= 11 is 0. The highest BCUT2D eigenvalue weighted by atomic mass is 32.2. The minimum absolute atomic E-state index is 0.199. The molecule has 12 heteroatoms. The van der Waals surface area contributed by atoms with Crippen molar-refractivity contribution in [3.05, 3.63) is 0 Å². The number of aliphatic carboxylic acids is 1. The molecule has 0 aromatic heterocycles. The molecule has 0 aromatic rings. The highest BCUT2D eigenvalue weighted by Gasteiger charge is 2.50. The second-order valence-electron chi connectivity index (χ2n) is 8.46. The van der Waals surface area contributed by atoms with Crippen LogP contribution in [0.2, 0.25) is 0 Å². The second kappa shape index (κ2) is 9.68. The number of hydrogen-bond acceptors (Lipinski definition) is 5. The lowest BCUT2D eigenvalue weighted by atomic mass is 9.85. The number of methoxy groups -OCH3 is 1. The molecule has 1 aliphatic carbocycles. The maximum Gasteiger partial charge on any atom is 0.490 e. The maximum absolute atomic E-state index is 12.3. The summed E-state index contributed by atoms with van der Waals surface area (Å²) in [6.45, 7) is 3.26. The Hall–Kier alpha value is -0.950. The Balaban J connectivity index is 0.000000396. The fourth-order valence-corrected chi connectivity index (χ4v) is 5.42. The number of carbonyl (C=O) groups is 1. The van der Waals surface area contributed by atoms with Crippen LogP contribution in [0.25, 0.3) is 0 Å². The van der Waals surface area contributed by atoms with Crippen molar-refractivity contribution in [3.8, 4) is 0 Å². The number of halogens is 3. The van der Waals surface area contributed by atoms with Gasteiger partial charge in [-0.25, -0.2) is 4.79 Å². The first-order valence-corrected chi connectivity index (χ1v) is 11.5. The molecule has 3 rings (SSSR count). The number of carboxylic acid groups (broad SMARTS) is 1. The van der Waals surface area contributed by atoms with Crippen molar-refractivity contribution in [1.82, 2.24) is 13.5 Å². The van der Waals surface area contributed by atoms with Gasteiger partial charge in [0.15, 0.2) is 0 Å². The van der Waals surface area contributed by atoms with Crippen LogP contribution in [0.5, 0.6) is 0 Å². The number of rotatable bonds is 6. The smallest absolute Gasteiger partial charge is 0.475 e. The van der Waals surface area contributed by atoms with E-state index in [4.69, 9.17) is 14.6 Å². The molecule has 30 heavy (non-hydrogen) atoms. The van der Waals surface area contributed by atoms with Crippen molar-refractivity contribution in [2.24, 2.45) is 5.92 Å². The molecule has 1 spiro atoms. The van der Waals surface area contributed by atoms with Gasteiger partial charge in [0.05, 0.1) is 6.61 Å². The van der Waals surface area contributed by atoms with Gasteiger partial charge in [0.2, 0.25) is 0 Å². The molecule has 176 valence electrons. The monoisotopic (exact) mass is 459 g/mol. The Bertz CT molecular complexity index is 690. The molecule has 3 aliphatic rings. The van der Waals surface area contributed by atoms with E-state index in [9.17, 15) is 21.6 Å². The Kier molecular flexibility index (Phi) is 8.17. The number of hydrogen-bond donors (Lipinski definition) is 1.